The summed E-state index contributed by atoms with van der Waals surface area (Å²) in [5, 5.41) is 8.86. The molecular weight excluding hydrogens is 256 g/mol. The number of urea groups is 1. The zero-order valence-electron chi connectivity index (χ0n) is 12.8. The highest BCUT2D eigenvalue weighted by Gasteiger charge is 2.38. The van der Waals surface area contributed by atoms with Crippen molar-refractivity contribution >= 4 is 12.0 Å². The van der Waals surface area contributed by atoms with Crippen molar-refractivity contribution in [2.24, 2.45) is 17.3 Å². The molecule has 2 aliphatic rings. The molecule has 2 amide bonds. The third kappa shape index (κ3) is 3.25. The number of hydrogen-bond acceptors (Lipinski definition) is 2. The van der Waals surface area contributed by atoms with E-state index in [9.17, 15) is 9.59 Å². The average molecular weight is 282 g/mol. The lowest BCUT2D eigenvalue weighted by Gasteiger charge is -2.39. The van der Waals surface area contributed by atoms with Crippen LogP contribution in [0.4, 0.5) is 4.79 Å². The number of nitrogens with zero attached hydrogens (tertiary/aromatic N) is 2. The van der Waals surface area contributed by atoms with Crippen LogP contribution in [0.1, 0.15) is 40.0 Å². The van der Waals surface area contributed by atoms with Gasteiger partial charge in [0.1, 0.15) is 0 Å². The summed E-state index contributed by atoms with van der Waals surface area (Å²) in [5.41, 5.74) is 0.296. The molecule has 2 aliphatic heterocycles. The van der Waals surface area contributed by atoms with Crippen molar-refractivity contribution in [3.63, 3.8) is 0 Å². The second-order valence-electron chi connectivity index (χ2n) is 7.20. The SMILES string of the molecule is CC(C)(C)C1CCCN(C(=O)N2CC(C(=O)O)C2)CC1. The van der Waals surface area contributed by atoms with Gasteiger partial charge in [0.05, 0.1) is 5.92 Å². The van der Waals surface area contributed by atoms with Gasteiger partial charge >= 0.3 is 12.0 Å². The van der Waals surface area contributed by atoms with E-state index in [1.807, 2.05) is 4.90 Å². The molecule has 20 heavy (non-hydrogen) atoms. The van der Waals surface area contributed by atoms with Crippen molar-refractivity contribution in [1.82, 2.24) is 9.80 Å². The van der Waals surface area contributed by atoms with Gasteiger partial charge in [-0.25, -0.2) is 4.79 Å². The minimum atomic E-state index is -0.794. The molecule has 2 heterocycles. The standard InChI is InChI=1S/C15H26N2O3/c1-15(2,3)12-5-4-7-16(8-6-12)14(20)17-9-11(10-17)13(18)19/h11-12H,4-10H2,1-3H3,(H,18,19). The van der Waals surface area contributed by atoms with Gasteiger partial charge in [0.25, 0.3) is 0 Å². The van der Waals surface area contributed by atoms with Crippen LogP contribution < -0.4 is 0 Å². The molecule has 1 unspecified atom stereocenters. The van der Waals surface area contributed by atoms with Gasteiger partial charge in [0, 0.05) is 26.2 Å². The van der Waals surface area contributed by atoms with Gasteiger partial charge < -0.3 is 14.9 Å². The summed E-state index contributed by atoms with van der Waals surface area (Å²) >= 11 is 0. The fourth-order valence-electron chi connectivity index (χ4n) is 3.14. The summed E-state index contributed by atoms with van der Waals surface area (Å²) in [5.74, 6) is -0.505. The number of carbonyl (C=O) groups is 2. The van der Waals surface area contributed by atoms with Crippen LogP contribution in [-0.2, 0) is 4.79 Å². The Labute approximate surface area is 120 Å². The number of hydrogen-bond donors (Lipinski definition) is 1. The molecule has 0 bridgehead atoms. The van der Waals surface area contributed by atoms with E-state index < -0.39 is 5.97 Å². The summed E-state index contributed by atoms with van der Waals surface area (Å²) in [6.45, 7) is 9.14. The molecular formula is C15H26N2O3. The lowest BCUT2D eigenvalue weighted by atomic mass is 9.77. The highest BCUT2D eigenvalue weighted by molar-refractivity contribution is 5.79. The van der Waals surface area contributed by atoms with E-state index in [0.717, 1.165) is 25.9 Å². The summed E-state index contributed by atoms with van der Waals surface area (Å²) in [4.78, 5) is 26.7. The third-order valence-electron chi connectivity index (χ3n) is 4.72. The number of aliphatic carboxylic acids is 1. The molecule has 1 N–H and O–H groups in total. The van der Waals surface area contributed by atoms with Gasteiger partial charge in [0.15, 0.2) is 0 Å². The van der Waals surface area contributed by atoms with E-state index in [0.29, 0.717) is 24.4 Å². The first-order valence-corrected chi connectivity index (χ1v) is 7.55. The second-order valence-corrected chi connectivity index (χ2v) is 7.20. The average Bonchev–Trinajstić information content (AvgIpc) is 2.50. The summed E-state index contributed by atoms with van der Waals surface area (Å²) < 4.78 is 0. The van der Waals surface area contributed by atoms with Crippen molar-refractivity contribution in [1.29, 1.82) is 0 Å². The quantitative estimate of drug-likeness (QED) is 0.802. The zero-order valence-corrected chi connectivity index (χ0v) is 12.8. The van der Waals surface area contributed by atoms with E-state index in [1.54, 1.807) is 4.90 Å². The Hall–Kier alpha value is -1.26. The highest BCUT2D eigenvalue weighted by Crippen LogP contribution is 2.34. The van der Waals surface area contributed by atoms with Crippen LogP contribution >= 0.6 is 0 Å². The molecule has 1 atom stereocenters. The minimum Gasteiger partial charge on any atom is -0.481 e. The van der Waals surface area contributed by atoms with Crippen molar-refractivity contribution in [3.05, 3.63) is 0 Å². The van der Waals surface area contributed by atoms with Gasteiger partial charge in [-0.15, -0.1) is 0 Å². The van der Waals surface area contributed by atoms with Crippen LogP contribution in [0, 0.1) is 17.3 Å². The Morgan fingerprint density at radius 3 is 2.25 bits per heavy atom. The fourth-order valence-corrected chi connectivity index (χ4v) is 3.14. The Kier molecular flexibility index (Phi) is 4.25. The first-order valence-electron chi connectivity index (χ1n) is 7.55. The van der Waals surface area contributed by atoms with Crippen LogP contribution in [0.2, 0.25) is 0 Å². The van der Waals surface area contributed by atoms with E-state index in [2.05, 4.69) is 20.8 Å². The lowest BCUT2D eigenvalue weighted by Crippen LogP contribution is -2.57. The molecule has 0 aromatic rings. The Morgan fingerprint density at radius 2 is 1.70 bits per heavy atom. The Morgan fingerprint density at radius 1 is 1.05 bits per heavy atom. The normalized spacial score (nSPS) is 25.1. The number of likely N-dealkylation sites (tertiary alicyclic amines) is 2. The minimum absolute atomic E-state index is 0.0251. The van der Waals surface area contributed by atoms with Gasteiger partial charge in [0.2, 0.25) is 0 Å². The van der Waals surface area contributed by atoms with Crippen LogP contribution in [0.15, 0.2) is 0 Å². The molecule has 0 saturated carbocycles. The van der Waals surface area contributed by atoms with Gasteiger partial charge in [-0.2, -0.15) is 0 Å². The monoisotopic (exact) mass is 282 g/mol. The Balaban J connectivity index is 1.85. The van der Waals surface area contributed by atoms with Crippen LogP contribution in [0.3, 0.4) is 0 Å². The second kappa shape index (κ2) is 5.62. The molecule has 0 aliphatic carbocycles. The van der Waals surface area contributed by atoms with Crippen molar-refractivity contribution in [2.75, 3.05) is 26.2 Å². The fraction of sp³-hybridized carbons (Fsp3) is 0.867. The number of carbonyl (C=O) groups excluding carboxylic acids is 1. The zero-order chi connectivity index (χ0) is 14.9. The molecule has 5 heteroatoms. The first kappa shape index (κ1) is 15.1. The molecule has 0 radical (unpaired) electrons. The third-order valence-corrected chi connectivity index (χ3v) is 4.72. The topological polar surface area (TPSA) is 60.9 Å². The lowest BCUT2D eigenvalue weighted by molar-refractivity contribution is -0.146. The van der Waals surface area contributed by atoms with E-state index in [4.69, 9.17) is 5.11 Å². The molecule has 114 valence electrons. The number of rotatable bonds is 1. The van der Waals surface area contributed by atoms with E-state index >= 15 is 0 Å². The largest absolute Gasteiger partial charge is 0.481 e. The maximum atomic E-state index is 12.3. The molecule has 2 rings (SSSR count). The highest BCUT2D eigenvalue weighted by atomic mass is 16.4. The predicted octanol–water partition coefficient (Wildman–Crippen LogP) is 2.27. The summed E-state index contributed by atoms with van der Waals surface area (Å²) in [6.07, 6.45) is 3.26. The summed E-state index contributed by atoms with van der Waals surface area (Å²) in [6, 6.07) is 0.0251. The predicted molar refractivity (Wildman–Crippen MR) is 76.5 cm³/mol. The number of carboxylic acids is 1. The van der Waals surface area contributed by atoms with Crippen molar-refractivity contribution in [2.45, 2.75) is 40.0 Å². The van der Waals surface area contributed by atoms with Gasteiger partial charge in [-0.05, 0) is 30.6 Å². The van der Waals surface area contributed by atoms with Crippen molar-refractivity contribution in [3.8, 4) is 0 Å². The van der Waals surface area contributed by atoms with Crippen LogP contribution in [0.25, 0.3) is 0 Å². The van der Waals surface area contributed by atoms with Gasteiger partial charge in [-0.1, -0.05) is 20.8 Å². The van der Waals surface area contributed by atoms with Crippen LogP contribution in [0.5, 0.6) is 0 Å². The molecule has 2 saturated heterocycles. The molecule has 0 aromatic carbocycles. The molecule has 0 spiro atoms. The van der Waals surface area contributed by atoms with Crippen LogP contribution in [-0.4, -0.2) is 53.1 Å². The molecule has 2 fully saturated rings. The molecule has 0 aromatic heterocycles. The number of carboxylic acid groups (broad SMARTS) is 1. The number of amides is 2. The maximum absolute atomic E-state index is 12.3. The molecule has 5 nitrogen and oxygen atoms in total. The first-order chi connectivity index (χ1) is 9.29. The maximum Gasteiger partial charge on any atom is 0.320 e. The van der Waals surface area contributed by atoms with Gasteiger partial charge in [-0.3, -0.25) is 4.79 Å². The summed E-state index contributed by atoms with van der Waals surface area (Å²) in [7, 11) is 0. The van der Waals surface area contributed by atoms with E-state index in [1.165, 1.54) is 6.42 Å². The van der Waals surface area contributed by atoms with E-state index in [-0.39, 0.29) is 11.9 Å². The van der Waals surface area contributed by atoms with Crippen molar-refractivity contribution < 1.29 is 14.7 Å². The Bertz CT molecular complexity index is 383. The smallest absolute Gasteiger partial charge is 0.320 e.